The van der Waals surface area contributed by atoms with Crippen molar-refractivity contribution in [1.82, 2.24) is 34.5 Å². The Hall–Kier alpha value is -3.60. The number of hydrogen-bond acceptors (Lipinski definition) is 6. The molecule has 0 saturated heterocycles. The molecule has 0 unspecified atom stereocenters. The summed E-state index contributed by atoms with van der Waals surface area (Å²) in [6, 6.07) is 3.36. The monoisotopic (exact) mass is 411 g/mol. The molecule has 0 amide bonds. The van der Waals surface area contributed by atoms with Crippen molar-refractivity contribution in [2.75, 3.05) is 0 Å². The molecule has 29 heavy (non-hydrogen) atoms. The number of nitrogens with zero attached hydrogens (tertiary/aromatic N) is 5. The van der Waals surface area contributed by atoms with E-state index in [9.17, 15) is 14.0 Å². The van der Waals surface area contributed by atoms with Crippen LogP contribution in [0, 0.1) is 5.82 Å². The van der Waals surface area contributed by atoms with E-state index in [1.807, 2.05) is 0 Å². The molecule has 0 radical (unpaired) electrons. The second-order valence-electron chi connectivity index (χ2n) is 6.59. The van der Waals surface area contributed by atoms with Crippen LogP contribution in [0.1, 0.15) is 16.3 Å². The van der Waals surface area contributed by atoms with E-state index in [2.05, 4.69) is 25.3 Å². The summed E-state index contributed by atoms with van der Waals surface area (Å²) < 4.78 is 17.4. The van der Waals surface area contributed by atoms with Gasteiger partial charge in [0, 0.05) is 30.6 Å². The molecule has 146 valence electrons. The van der Waals surface area contributed by atoms with E-state index in [0.717, 1.165) is 10.9 Å². The lowest BCUT2D eigenvalue weighted by atomic mass is 10.3. The van der Waals surface area contributed by atoms with Crippen LogP contribution in [0.3, 0.4) is 0 Å². The summed E-state index contributed by atoms with van der Waals surface area (Å²) in [4.78, 5) is 32.1. The Kier molecular flexibility index (Phi) is 3.91. The molecule has 0 aliphatic rings. The minimum Gasteiger partial charge on any atom is -0.329 e. The fraction of sp³-hybridized carbons (Fsp3) is 0.167. The Morgan fingerprint density at radius 3 is 2.90 bits per heavy atom. The van der Waals surface area contributed by atoms with Gasteiger partial charge in [-0.05, 0) is 6.07 Å². The molecule has 5 aromatic heterocycles. The highest BCUT2D eigenvalue weighted by molar-refractivity contribution is 7.19. The lowest BCUT2D eigenvalue weighted by molar-refractivity contribution is 0.614. The largest absolute Gasteiger partial charge is 0.329 e. The number of rotatable bonds is 4. The van der Waals surface area contributed by atoms with Crippen LogP contribution >= 0.6 is 11.3 Å². The zero-order valence-corrected chi connectivity index (χ0v) is 16.0. The van der Waals surface area contributed by atoms with Gasteiger partial charge in [0.1, 0.15) is 10.5 Å². The van der Waals surface area contributed by atoms with Gasteiger partial charge in [0.05, 0.1) is 29.3 Å². The van der Waals surface area contributed by atoms with Crippen LogP contribution in [0.15, 0.2) is 40.3 Å². The van der Waals surface area contributed by atoms with Gasteiger partial charge in [-0.2, -0.15) is 10.2 Å². The molecule has 5 heterocycles. The number of aryl methyl sites for hydroxylation is 1. The number of pyridine rings is 1. The zero-order chi connectivity index (χ0) is 20.1. The summed E-state index contributed by atoms with van der Waals surface area (Å²) in [7, 11) is 1.76. The maximum absolute atomic E-state index is 13.7. The second kappa shape index (κ2) is 6.48. The third-order valence-corrected chi connectivity index (χ3v) is 5.86. The van der Waals surface area contributed by atoms with Gasteiger partial charge in [0.2, 0.25) is 0 Å². The van der Waals surface area contributed by atoms with E-state index >= 15 is 0 Å². The number of halogens is 1. The van der Waals surface area contributed by atoms with Crippen LogP contribution in [-0.4, -0.2) is 34.5 Å². The molecule has 0 fully saturated rings. The van der Waals surface area contributed by atoms with Gasteiger partial charge in [-0.25, -0.2) is 14.1 Å². The maximum Gasteiger partial charge on any atom is 0.291 e. The second-order valence-corrected chi connectivity index (χ2v) is 7.67. The molecule has 0 aliphatic heterocycles. The van der Waals surface area contributed by atoms with Gasteiger partial charge in [-0.15, -0.1) is 11.3 Å². The molecule has 5 rings (SSSR count). The molecular formula is C18H14FN7O2S. The summed E-state index contributed by atoms with van der Waals surface area (Å²) in [5, 5.41) is 11.9. The van der Waals surface area contributed by atoms with Gasteiger partial charge >= 0.3 is 0 Å². The average molecular weight is 411 g/mol. The van der Waals surface area contributed by atoms with E-state index in [4.69, 9.17) is 0 Å². The molecular weight excluding hydrogens is 397 g/mol. The summed E-state index contributed by atoms with van der Waals surface area (Å²) in [5.41, 5.74) is 1.34. The third kappa shape index (κ3) is 2.78. The van der Waals surface area contributed by atoms with Gasteiger partial charge in [0.15, 0.2) is 11.5 Å². The van der Waals surface area contributed by atoms with Crippen LogP contribution in [0.5, 0.6) is 0 Å². The summed E-state index contributed by atoms with van der Waals surface area (Å²) in [6.07, 6.45) is 4.56. The maximum atomic E-state index is 13.7. The van der Waals surface area contributed by atoms with E-state index in [1.54, 1.807) is 29.9 Å². The molecule has 0 aliphatic carbocycles. The van der Waals surface area contributed by atoms with E-state index in [1.165, 1.54) is 22.2 Å². The Labute approximate surface area is 165 Å². The van der Waals surface area contributed by atoms with Crippen molar-refractivity contribution < 1.29 is 4.39 Å². The molecule has 0 aromatic carbocycles. The topological polar surface area (TPSA) is 114 Å². The summed E-state index contributed by atoms with van der Waals surface area (Å²) in [5.74, 6) is -0.408. The highest BCUT2D eigenvalue weighted by Crippen LogP contribution is 2.31. The van der Waals surface area contributed by atoms with Gasteiger partial charge < -0.3 is 9.55 Å². The first-order valence-corrected chi connectivity index (χ1v) is 9.53. The number of aromatic amines is 2. The fourth-order valence-electron chi connectivity index (χ4n) is 3.34. The first-order chi connectivity index (χ1) is 14.0. The van der Waals surface area contributed by atoms with E-state index < -0.39 is 5.82 Å². The van der Waals surface area contributed by atoms with Crippen molar-refractivity contribution in [3.8, 4) is 0 Å². The number of hydrogen-bond donors (Lipinski definition) is 2. The molecule has 2 N–H and O–H groups in total. The zero-order valence-electron chi connectivity index (χ0n) is 15.1. The van der Waals surface area contributed by atoms with Crippen LogP contribution in [0.25, 0.3) is 21.3 Å². The summed E-state index contributed by atoms with van der Waals surface area (Å²) >= 11 is 1.39. The molecule has 0 bridgehead atoms. The van der Waals surface area contributed by atoms with Crippen LogP contribution in [0.4, 0.5) is 4.39 Å². The molecule has 5 aromatic rings. The number of nitrogens with one attached hydrogen (secondary N) is 2. The van der Waals surface area contributed by atoms with Gasteiger partial charge in [0.25, 0.3) is 11.1 Å². The van der Waals surface area contributed by atoms with Gasteiger partial charge in [-0.3, -0.25) is 14.7 Å². The van der Waals surface area contributed by atoms with Crippen molar-refractivity contribution in [3.63, 3.8) is 0 Å². The smallest absolute Gasteiger partial charge is 0.291 e. The Balaban J connectivity index is 1.60. The highest BCUT2D eigenvalue weighted by Gasteiger charge is 2.19. The van der Waals surface area contributed by atoms with Gasteiger partial charge in [-0.1, -0.05) is 6.07 Å². The Morgan fingerprint density at radius 1 is 1.28 bits per heavy atom. The lowest BCUT2D eigenvalue weighted by Gasteiger charge is -2.05. The molecule has 0 saturated carbocycles. The fourth-order valence-corrected chi connectivity index (χ4v) is 4.45. The lowest BCUT2D eigenvalue weighted by Crippen LogP contribution is -2.27. The average Bonchev–Trinajstić information content (AvgIpc) is 3.37. The van der Waals surface area contributed by atoms with Crippen LogP contribution in [-0.2, 0) is 20.0 Å². The van der Waals surface area contributed by atoms with Crippen molar-refractivity contribution in [1.29, 1.82) is 0 Å². The van der Waals surface area contributed by atoms with Crippen LogP contribution < -0.4 is 11.1 Å². The first-order valence-electron chi connectivity index (χ1n) is 8.71. The van der Waals surface area contributed by atoms with Crippen molar-refractivity contribution in [2.24, 2.45) is 7.05 Å². The quantitative estimate of drug-likeness (QED) is 0.466. The summed E-state index contributed by atoms with van der Waals surface area (Å²) in [6.45, 7) is 0.0710. The standard InChI is InChI=1S/C18H14FN7O2S/c1-25-14-10(6-22-26(18(14)28)8-9-3-2-4-20-17(9)27)15-16(25)23-13(29-15)5-12-11(19)7-21-24-12/h2-4,6-7H,5,8H2,1H3,(H,20,27)(H,21,24). The normalized spacial score (nSPS) is 11.7. The molecule has 9 nitrogen and oxygen atoms in total. The van der Waals surface area contributed by atoms with E-state index in [-0.39, 0.29) is 24.1 Å². The molecule has 0 atom stereocenters. The Bertz CT molecular complexity index is 1490. The number of H-pyrrole nitrogens is 2. The van der Waals surface area contributed by atoms with Crippen molar-refractivity contribution >= 4 is 32.6 Å². The van der Waals surface area contributed by atoms with E-state index in [0.29, 0.717) is 32.8 Å². The number of thiazole rings is 1. The highest BCUT2D eigenvalue weighted by atomic mass is 32.1. The predicted molar refractivity (Wildman–Crippen MR) is 106 cm³/mol. The Morgan fingerprint density at radius 2 is 2.14 bits per heavy atom. The minimum atomic E-state index is -0.408. The first kappa shape index (κ1) is 17.5. The molecule has 0 spiro atoms. The molecule has 11 heteroatoms. The number of fused-ring (bicyclic) bond motifs is 3. The van der Waals surface area contributed by atoms with Crippen molar-refractivity contribution in [3.05, 3.63) is 73.5 Å². The predicted octanol–water partition coefficient (Wildman–Crippen LogP) is 1.53. The third-order valence-electron chi connectivity index (χ3n) is 4.78. The van der Waals surface area contributed by atoms with Crippen LogP contribution in [0.2, 0.25) is 0 Å². The SMILES string of the molecule is Cn1c2nc(Cc3[nH]ncc3F)sc2c2cnn(Cc3ccc[nH]c3=O)c(=O)c21. The minimum absolute atomic E-state index is 0.0710. The number of aromatic nitrogens is 7. The van der Waals surface area contributed by atoms with Crippen molar-refractivity contribution in [2.45, 2.75) is 13.0 Å².